The molecule has 2 aliphatic rings. The van der Waals surface area contributed by atoms with Gasteiger partial charge in [-0.1, -0.05) is 41.5 Å². The molecular weight excluding hydrogens is 338 g/mol. The molecule has 2 amide bonds. The maximum absolute atomic E-state index is 12.9. The Labute approximate surface area is 166 Å². The third-order valence-electron chi connectivity index (χ3n) is 6.76. The van der Waals surface area contributed by atoms with Crippen LogP contribution in [0.25, 0.3) is 0 Å². The molecule has 1 saturated heterocycles. The van der Waals surface area contributed by atoms with Crippen molar-refractivity contribution in [3.05, 3.63) is 0 Å². The van der Waals surface area contributed by atoms with Crippen LogP contribution in [0.3, 0.4) is 0 Å². The Morgan fingerprint density at radius 2 is 1.70 bits per heavy atom. The first-order chi connectivity index (χ1) is 12.3. The molecule has 1 aliphatic carbocycles. The highest BCUT2D eigenvalue weighted by Crippen LogP contribution is 2.58. The van der Waals surface area contributed by atoms with E-state index in [1.165, 1.54) is 0 Å². The van der Waals surface area contributed by atoms with Gasteiger partial charge in [-0.3, -0.25) is 14.5 Å². The van der Waals surface area contributed by atoms with Crippen molar-refractivity contribution in [2.45, 2.75) is 66.8 Å². The molecule has 2 fully saturated rings. The van der Waals surface area contributed by atoms with E-state index in [2.05, 4.69) is 46.4 Å². The number of rotatable bonds is 6. The highest BCUT2D eigenvalue weighted by Gasteiger charge is 2.57. The number of likely N-dealkylation sites (tertiary alicyclic amines) is 1. The van der Waals surface area contributed by atoms with Gasteiger partial charge in [0.25, 0.3) is 0 Å². The summed E-state index contributed by atoms with van der Waals surface area (Å²) >= 11 is 0. The van der Waals surface area contributed by atoms with E-state index in [1.807, 2.05) is 23.9 Å². The zero-order valence-electron chi connectivity index (χ0n) is 18.8. The van der Waals surface area contributed by atoms with Crippen molar-refractivity contribution in [2.75, 3.05) is 40.3 Å². The Kier molecular flexibility index (Phi) is 6.66. The molecule has 0 radical (unpaired) electrons. The average molecular weight is 380 g/mol. The summed E-state index contributed by atoms with van der Waals surface area (Å²) in [5.74, 6) is 1.25. The minimum atomic E-state index is 0.180. The van der Waals surface area contributed by atoms with Crippen molar-refractivity contribution in [1.82, 2.24) is 14.7 Å². The van der Waals surface area contributed by atoms with E-state index in [-0.39, 0.29) is 28.7 Å². The van der Waals surface area contributed by atoms with Crippen LogP contribution in [0.15, 0.2) is 0 Å². The molecule has 27 heavy (non-hydrogen) atoms. The predicted molar refractivity (Wildman–Crippen MR) is 110 cm³/mol. The summed E-state index contributed by atoms with van der Waals surface area (Å²) in [6, 6.07) is 0.269. The molecule has 0 aromatic heterocycles. The van der Waals surface area contributed by atoms with E-state index >= 15 is 0 Å². The lowest BCUT2D eigenvalue weighted by atomic mass is 9.91. The quantitative estimate of drug-likeness (QED) is 0.712. The van der Waals surface area contributed by atoms with Crippen LogP contribution in [-0.2, 0) is 9.59 Å². The molecule has 0 N–H and O–H groups in total. The number of hydrogen-bond donors (Lipinski definition) is 0. The molecule has 1 aliphatic heterocycles. The first-order valence-electron chi connectivity index (χ1n) is 10.6. The van der Waals surface area contributed by atoms with E-state index < -0.39 is 0 Å². The van der Waals surface area contributed by atoms with Gasteiger partial charge in [0.05, 0.1) is 6.54 Å². The fourth-order valence-corrected chi connectivity index (χ4v) is 4.51. The van der Waals surface area contributed by atoms with Gasteiger partial charge in [0.1, 0.15) is 0 Å². The van der Waals surface area contributed by atoms with Crippen LogP contribution in [0.4, 0.5) is 0 Å². The van der Waals surface area contributed by atoms with E-state index in [0.717, 1.165) is 38.9 Å². The zero-order valence-corrected chi connectivity index (χ0v) is 18.8. The zero-order chi connectivity index (χ0) is 20.6. The molecule has 156 valence electrons. The highest BCUT2D eigenvalue weighted by molar-refractivity contribution is 5.83. The summed E-state index contributed by atoms with van der Waals surface area (Å²) in [4.78, 5) is 31.5. The third kappa shape index (κ3) is 5.46. The van der Waals surface area contributed by atoms with Gasteiger partial charge in [-0.25, -0.2) is 0 Å². The van der Waals surface area contributed by atoms with E-state index in [0.29, 0.717) is 18.4 Å². The summed E-state index contributed by atoms with van der Waals surface area (Å²) in [7, 11) is 3.98. The van der Waals surface area contributed by atoms with Crippen molar-refractivity contribution in [2.24, 2.45) is 22.7 Å². The SMILES string of the molecule is CC(C)C1(C)CC1C(=O)N(C)C1CCN(C(=O)CN(C)CC(C)(C)C)CC1. The summed E-state index contributed by atoms with van der Waals surface area (Å²) in [5, 5.41) is 0. The number of likely N-dealkylation sites (N-methyl/N-ethyl adjacent to an activating group) is 1. The molecule has 1 saturated carbocycles. The smallest absolute Gasteiger partial charge is 0.236 e. The Morgan fingerprint density at radius 1 is 1.15 bits per heavy atom. The first-order valence-corrected chi connectivity index (χ1v) is 10.6. The van der Waals surface area contributed by atoms with Crippen LogP contribution in [0.5, 0.6) is 0 Å². The summed E-state index contributed by atoms with van der Waals surface area (Å²) in [5.41, 5.74) is 0.373. The minimum Gasteiger partial charge on any atom is -0.342 e. The van der Waals surface area contributed by atoms with E-state index in [1.54, 1.807) is 0 Å². The molecule has 0 aromatic carbocycles. The Bertz CT molecular complexity index is 546. The van der Waals surface area contributed by atoms with Crippen LogP contribution in [0.1, 0.15) is 60.8 Å². The fraction of sp³-hybridized carbons (Fsp3) is 0.909. The van der Waals surface area contributed by atoms with Crippen LogP contribution < -0.4 is 0 Å². The maximum Gasteiger partial charge on any atom is 0.236 e. The van der Waals surface area contributed by atoms with Gasteiger partial charge < -0.3 is 9.80 Å². The fourth-order valence-electron chi connectivity index (χ4n) is 4.51. The van der Waals surface area contributed by atoms with Crippen molar-refractivity contribution < 1.29 is 9.59 Å². The van der Waals surface area contributed by atoms with Crippen LogP contribution in [-0.4, -0.2) is 72.8 Å². The maximum atomic E-state index is 12.9. The predicted octanol–water partition coefficient (Wildman–Crippen LogP) is 3.10. The third-order valence-corrected chi connectivity index (χ3v) is 6.76. The van der Waals surface area contributed by atoms with Crippen molar-refractivity contribution in [3.63, 3.8) is 0 Å². The minimum absolute atomic E-state index is 0.180. The van der Waals surface area contributed by atoms with Gasteiger partial charge in [0, 0.05) is 38.6 Å². The molecule has 5 heteroatoms. The molecule has 0 spiro atoms. The number of carbonyl (C=O) groups excluding carboxylic acids is 2. The van der Waals surface area contributed by atoms with Gasteiger partial charge in [-0.2, -0.15) is 0 Å². The number of piperidine rings is 1. The second kappa shape index (κ2) is 8.10. The summed E-state index contributed by atoms with van der Waals surface area (Å²) < 4.78 is 0. The lowest BCUT2D eigenvalue weighted by molar-refractivity contribution is -0.137. The Hall–Kier alpha value is -1.10. The van der Waals surface area contributed by atoms with Crippen molar-refractivity contribution in [1.29, 1.82) is 0 Å². The average Bonchev–Trinajstić information content (AvgIpc) is 3.25. The lowest BCUT2D eigenvalue weighted by Crippen LogP contribution is -2.50. The number of nitrogens with zero attached hydrogens (tertiary/aromatic N) is 3. The first kappa shape index (κ1) is 22.2. The summed E-state index contributed by atoms with van der Waals surface area (Å²) in [6.45, 7) is 16.1. The molecule has 1 heterocycles. The Balaban J connectivity index is 1.79. The molecule has 2 rings (SSSR count). The molecular formula is C22H41N3O2. The second-order valence-electron chi connectivity index (χ2n) is 10.7. The topological polar surface area (TPSA) is 43.9 Å². The van der Waals surface area contributed by atoms with Crippen LogP contribution in [0.2, 0.25) is 0 Å². The Morgan fingerprint density at radius 3 is 2.15 bits per heavy atom. The molecule has 0 aromatic rings. The van der Waals surface area contributed by atoms with Gasteiger partial charge in [0.2, 0.25) is 11.8 Å². The number of amides is 2. The van der Waals surface area contributed by atoms with E-state index in [9.17, 15) is 9.59 Å². The molecule has 2 unspecified atom stereocenters. The largest absolute Gasteiger partial charge is 0.342 e. The molecule has 0 bridgehead atoms. The van der Waals surface area contributed by atoms with Crippen molar-refractivity contribution in [3.8, 4) is 0 Å². The van der Waals surface area contributed by atoms with Gasteiger partial charge >= 0.3 is 0 Å². The molecule has 5 nitrogen and oxygen atoms in total. The number of carbonyl (C=O) groups is 2. The van der Waals surface area contributed by atoms with Crippen LogP contribution >= 0.6 is 0 Å². The normalized spacial score (nSPS) is 26.6. The monoisotopic (exact) mass is 379 g/mol. The standard InChI is InChI=1S/C22H41N3O2/c1-16(2)22(6)13-18(22)20(27)24(8)17-9-11-25(12-10-17)19(26)14-23(7)15-21(3,4)5/h16-18H,9-15H2,1-8H3. The summed E-state index contributed by atoms with van der Waals surface area (Å²) in [6.07, 6.45) is 2.80. The number of hydrogen-bond acceptors (Lipinski definition) is 3. The van der Waals surface area contributed by atoms with Gasteiger partial charge in [-0.05, 0) is 43.1 Å². The second-order valence-corrected chi connectivity index (χ2v) is 10.7. The molecule has 2 atom stereocenters. The van der Waals surface area contributed by atoms with Gasteiger partial charge in [-0.15, -0.1) is 0 Å². The van der Waals surface area contributed by atoms with E-state index in [4.69, 9.17) is 0 Å². The van der Waals surface area contributed by atoms with Crippen LogP contribution in [0, 0.1) is 22.7 Å². The highest BCUT2D eigenvalue weighted by atomic mass is 16.2. The van der Waals surface area contributed by atoms with Crippen molar-refractivity contribution >= 4 is 11.8 Å². The lowest BCUT2D eigenvalue weighted by Gasteiger charge is -2.38. The van der Waals surface area contributed by atoms with Gasteiger partial charge in [0.15, 0.2) is 0 Å².